The fourth-order valence-corrected chi connectivity index (χ4v) is 2.56. The molecule has 1 atom stereocenters. The molecule has 7 heteroatoms. The van der Waals surface area contributed by atoms with Crippen LogP contribution < -0.4 is 10.6 Å². The maximum absolute atomic E-state index is 12.0. The molecule has 1 aliphatic heterocycles. The molecular weight excluding hydrogens is 333 g/mol. The van der Waals surface area contributed by atoms with E-state index in [1.165, 1.54) is 0 Å². The van der Waals surface area contributed by atoms with Gasteiger partial charge in [0, 0.05) is 31.2 Å². The molecule has 1 amide bonds. The van der Waals surface area contributed by atoms with Crippen LogP contribution in [0.3, 0.4) is 0 Å². The van der Waals surface area contributed by atoms with Crippen LogP contribution in [0.25, 0.3) is 0 Å². The van der Waals surface area contributed by atoms with Crippen molar-refractivity contribution < 1.29 is 4.79 Å². The maximum atomic E-state index is 12.0. The number of rotatable bonds is 4. The molecule has 1 saturated heterocycles. The zero-order chi connectivity index (χ0) is 13.7. The van der Waals surface area contributed by atoms with Crippen molar-refractivity contribution in [1.29, 1.82) is 0 Å². The van der Waals surface area contributed by atoms with Gasteiger partial charge in [0.15, 0.2) is 0 Å². The van der Waals surface area contributed by atoms with Crippen LogP contribution in [0.15, 0.2) is 24.3 Å². The minimum Gasteiger partial charge on any atom is -0.348 e. The molecule has 1 aromatic rings. The lowest BCUT2D eigenvalue weighted by Crippen LogP contribution is -2.47. The number of benzene rings is 1. The summed E-state index contributed by atoms with van der Waals surface area (Å²) < 4.78 is 0. The minimum atomic E-state index is -0.0656. The average Bonchev–Trinajstić information content (AvgIpc) is 2.40. The fourth-order valence-electron chi connectivity index (χ4n) is 2.26. The normalized spacial score (nSPS) is 16.3. The van der Waals surface area contributed by atoms with Crippen molar-refractivity contribution in [3.8, 4) is 0 Å². The Bertz CT molecular complexity index is 439. The van der Waals surface area contributed by atoms with Crippen LogP contribution >= 0.6 is 36.4 Å². The van der Waals surface area contributed by atoms with Gasteiger partial charge in [-0.05, 0) is 18.6 Å². The van der Waals surface area contributed by atoms with Gasteiger partial charge in [-0.3, -0.25) is 9.69 Å². The monoisotopic (exact) mass is 353 g/mol. The second-order valence-corrected chi connectivity index (χ2v) is 5.24. The van der Waals surface area contributed by atoms with Crippen molar-refractivity contribution in [2.45, 2.75) is 13.0 Å². The third kappa shape index (κ3) is 6.41. The third-order valence-corrected chi connectivity index (χ3v) is 3.67. The number of piperazine rings is 1. The molecule has 0 aromatic heterocycles. The Morgan fingerprint density at radius 1 is 1.33 bits per heavy atom. The van der Waals surface area contributed by atoms with Gasteiger partial charge in [-0.2, -0.15) is 0 Å². The first-order valence-electron chi connectivity index (χ1n) is 6.63. The number of amides is 1. The first-order valence-corrected chi connectivity index (χ1v) is 7.01. The number of nitrogens with one attached hydrogen (secondary N) is 2. The SMILES string of the molecule is CC(NC(=O)CN1CCNCC1)c1ccccc1Cl.Cl.Cl. The molecule has 0 spiro atoms. The predicted octanol–water partition coefficient (Wildman–Crippen LogP) is 2.27. The third-order valence-electron chi connectivity index (χ3n) is 3.33. The average molecular weight is 355 g/mol. The largest absolute Gasteiger partial charge is 0.348 e. The molecule has 1 aromatic carbocycles. The Morgan fingerprint density at radius 3 is 2.57 bits per heavy atom. The number of carbonyl (C=O) groups excluding carboxylic acids is 1. The van der Waals surface area contributed by atoms with Gasteiger partial charge in [0.25, 0.3) is 0 Å². The van der Waals surface area contributed by atoms with Crippen molar-refractivity contribution >= 4 is 42.3 Å². The Hall–Kier alpha value is -0.520. The molecule has 1 unspecified atom stereocenters. The van der Waals surface area contributed by atoms with Crippen LogP contribution in [0.4, 0.5) is 0 Å². The predicted molar refractivity (Wildman–Crippen MR) is 91.8 cm³/mol. The van der Waals surface area contributed by atoms with E-state index in [0.717, 1.165) is 31.7 Å². The second-order valence-electron chi connectivity index (χ2n) is 4.84. The van der Waals surface area contributed by atoms with Gasteiger partial charge >= 0.3 is 0 Å². The highest BCUT2D eigenvalue weighted by Crippen LogP contribution is 2.21. The molecule has 1 aliphatic rings. The van der Waals surface area contributed by atoms with Crippen LogP contribution in [0, 0.1) is 0 Å². The van der Waals surface area contributed by atoms with E-state index in [-0.39, 0.29) is 36.8 Å². The van der Waals surface area contributed by atoms with E-state index < -0.39 is 0 Å². The quantitative estimate of drug-likeness (QED) is 0.872. The van der Waals surface area contributed by atoms with Crippen LogP contribution in [0.2, 0.25) is 5.02 Å². The Kier molecular flexibility index (Phi) is 9.99. The molecule has 1 fully saturated rings. The number of halogens is 3. The lowest BCUT2D eigenvalue weighted by molar-refractivity contribution is -0.123. The highest BCUT2D eigenvalue weighted by molar-refractivity contribution is 6.31. The van der Waals surface area contributed by atoms with Gasteiger partial charge in [-0.1, -0.05) is 29.8 Å². The summed E-state index contributed by atoms with van der Waals surface area (Å²) in [7, 11) is 0. The molecule has 4 nitrogen and oxygen atoms in total. The molecule has 2 rings (SSSR count). The van der Waals surface area contributed by atoms with Gasteiger partial charge in [-0.15, -0.1) is 24.8 Å². The van der Waals surface area contributed by atoms with E-state index in [4.69, 9.17) is 11.6 Å². The molecule has 0 bridgehead atoms. The van der Waals surface area contributed by atoms with Gasteiger partial charge in [0.05, 0.1) is 12.6 Å². The molecule has 1 heterocycles. The Labute approximate surface area is 143 Å². The minimum absolute atomic E-state index is 0. The molecule has 0 aliphatic carbocycles. The number of carbonyl (C=O) groups is 1. The zero-order valence-electron chi connectivity index (χ0n) is 12.0. The van der Waals surface area contributed by atoms with Crippen molar-refractivity contribution in [3.63, 3.8) is 0 Å². The standard InChI is InChI=1S/C14H20ClN3O.2ClH/c1-11(12-4-2-3-5-13(12)15)17-14(19)10-18-8-6-16-7-9-18;;/h2-5,11,16H,6-10H2,1H3,(H,17,19);2*1H. The van der Waals surface area contributed by atoms with Gasteiger partial charge in [0.2, 0.25) is 5.91 Å². The molecule has 2 N–H and O–H groups in total. The summed E-state index contributed by atoms with van der Waals surface area (Å²) in [6.07, 6.45) is 0. The van der Waals surface area contributed by atoms with Crippen LogP contribution in [0.5, 0.6) is 0 Å². The van der Waals surface area contributed by atoms with Crippen molar-refractivity contribution in [2.75, 3.05) is 32.7 Å². The van der Waals surface area contributed by atoms with Crippen LogP contribution in [0.1, 0.15) is 18.5 Å². The fraction of sp³-hybridized carbons (Fsp3) is 0.500. The van der Waals surface area contributed by atoms with Gasteiger partial charge in [-0.25, -0.2) is 0 Å². The first-order chi connectivity index (χ1) is 9.16. The van der Waals surface area contributed by atoms with Crippen molar-refractivity contribution in [1.82, 2.24) is 15.5 Å². The van der Waals surface area contributed by atoms with Crippen molar-refractivity contribution in [3.05, 3.63) is 34.9 Å². The summed E-state index contributed by atoms with van der Waals surface area (Å²) >= 11 is 6.12. The topological polar surface area (TPSA) is 44.4 Å². The smallest absolute Gasteiger partial charge is 0.234 e. The highest BCUT2D eigenvalue weighted by atomic mass is 35.5. The molecule has 120 valence electrons. The summed E-state index contributed by atoms with van der Waals surface area (Å²) in [6.45, 7) is 6.16. The van der Waals surface area contributed by atoms with E-state index in [1.807, 2.05) is 31.2 Å². The summed E-state index contributed by atoms with van der Waals surface area (Å²) in [5.41, 5.74) is 0.956. The van der Waals surface area contributed by atoms with Crippen molar-refractivity contribution in [2.24, 2.45) is 0 Å². The number of nitrogens with zero attached hydrogens (tertiary/aromatic N) is 1. The van der Waals surface area contributed by atoms with E-state index in [2.05, 4.69) is 15.5 Å². The summed E-state index contributed by atoms with van der Waals surface area (Å²) in [4.78, 5) is 14.1. The number of hydrogen-bond donors (Lipinski definition) is 2. The Morgan fingerprint density at radius 2 is 1.95 bits per heavy atom. The lowest BCUT2D eigenvalue weighted by atomic mass is 10.1. The molecular formula is C14H22Cl3N3O. The summed E-state index contributed by atoms with van der Waals surface area (Å²) in [5.74, 6) is 0.0503. The first kappa shape index (κ1) is 20.5. The van der Waals surface area contributed by atoms with E-state index in [1.54, 1.807) is 0 Å². The van der Waals surface area contributed by atoms with Crippen LogP contribution in [-0.2, 0) is 4.79 Å². The summed E-state index contributed by atoms with van der Waals surface area (Å²) in [6, 6.07) is 7.54. The Balaban J connectivity index is 0.00000200. The lowest BCUT2D eigenvalue weighted by Gasteiger charge is -2.27. The zero-order valence-corrected chi connectivity index (χ0v) is 14.4. The van der Waals surface area contributed by atoms with E-state index in [9.17, 15) is 4.79 Å². The van der Waals surface area contributed by atoms with Crippen LogP contribution in [-0.4, -0.2) is 43.5 Å². The molecule has 0 saturated carbocycles. The molecule has 0 radical (unpaired) electrons. The number of hydrogen-bond acceptors (Lipinski definition) is 3. The molecule has 21 heavy (non-hydrogen) atoms. The van der Waals surface area contributed by atoms with E-state index in [0.29, 0.717) is 11.6 Å². The maximum Gasteiger partial charge on any atom is 0.234 e. The van der Waals surface area contributed by atoms with Gasteiger partial charge < -0.3 is 10.6 Å². The highest BCUT2D eigenvalue weighted by Gasteiger charge is 2.16. The van der Waals surface area contributed by atoms with E-state index >= 15 is 0 Å². The second kappa shape index (κ2) is 10.2. The van der Waals surface area contributed by atoms with Gasteiger partial charge in [0.1, 0.15) is 0 Å². The summed E-state index contributed by atoms with van der Waals surface area (Å²) in [5, 5.41) is 6.96.